The van der Waals surface area contributed by atoms with Gasteiger partial charge in [-0.15, -0.1) is 0 Å². The Hall–Kier alpha value is -0.697. The molecule has 0 aliphatic heterocycles. The van der Waals surface area contributed by atoms with Gasteiger partial charge >= 0.3 is 19.5 Å². The maximum Gasteiger partial charge on any atom is 2.00 e. The Morgan fingerprint density at radius 2 is 1.00 bits per heavy atom. The largest absolute Gasteiger partial charge is 2.00 e. The fraction of sp³-hybridized carbons (Fsp3) is 0.750. The summed E-state index contributed by atoms with van der Waals surface area (Å²) < 4.78 is 59.4. The molecule has 0 atom stereocenters. The Bertz CT molecular complexity index is 471. The van der Waals surface area contributed by atoms with Gasteiger partial charge in [0.2, 0.25) is 11.8 Å². The minimum Gasteiger partial charge on any atom is -0.748 e. The summed E-state index contributed by atoms with van der Waals surface area (Å²) in [5.74, 6) is -1.79. The van der Waals surface area contributed by atoms with E-state index in [4.69, 9.17) is 0 Å². The fourth-order valence-electron chi connectivity index (χ4n) is 0.704. The zero-order chi connectivity index (χ0) is 16.4. The molecule has 0 spiro atoms. The van der Waals surface area contributed by atoms with Crippen molar-refractivity contribution in [2.45, 2.75) is 13.8 Å². The third-order valence-electron chi connectivity index (χ3n) is 1.45. The first-order valence-corrected chi connectivity index (χ1v) is 8.35. The molecule has 0 aliphatic carbocycles. The van der Waals surface area contributed by atoms with E-state index in [0.29, 0.717) is 0 Å². The average molecular weight is 434 g/mol. The van der Waals surface area contributed by atoms with Crippen LogP contribution in [0.3, 0.4) is 0 Å². The van der Waals surface area contributed by atoms with E-state index >= 15 is 0 Å². The molecular formula is C8H20N2O10S2Zn. The van der Waals surface area contributed by atoms with E-state index in [-0.39, 0.29) is 55.3 Å². The maximum absolute atomic E-state index is 10.1. The molecule has 0 aromatic heterocycles. The Labute approximate surface area is 147 Å². The predicted octanol–water partition coefficient (Wildman–Crippen LogP) is -4.32. The van der Waals surface area contributed by atoms with Gasteiger partial charge in [-0.25, -0.2) is 16.8 Å². The minimum absolute atomic E-state index is 0. The van der Waals surface area contributed by atoms with Gasteiger partial charge in [-0.05, 0) is 0 Å². The van der Waals surface area contributed by atoms with Crippen LogP contribution in [0.15, 0.2) is 0 Å². The van der Waals surface area contributed by atoms with E-state index in [0.717, 1.165) is 0 Å². The van der Waals surface area contributed by atoms with Crippen LogP contribution in [0.25, 0.3) is 0 Å². The van der Waals surface area contributed by atoms with Crippen LogP contribution < -0.4 is 10.6 Å². The Kier molecular flexibility index (Phi) is 23.8. The van der Waals surface area contributed by atoms with Crippen LogP contribution in [0.2, 0.25) is 0 Å². The quantitative estimate of drug-likeness (QED) is 0.306. The Morgan fingerprint density at radius 3 is 1.13 bits per heavy atom. The van der Waals surface area contributed by atoms with Gasteiger partial charge < -0.3 is 30.7 Å². The van der Waals surface area contributed by atoms with E-state index < -0.39 is 31.7 Å². The van der Waals surface area contributed by atoms with Gasteiger partial charge in [-0.2, -0.15) is 0 Å². The van der Waals surface area contributed by atoms with Gasteiger partial charge in [0.05, 0.1) is 31.7 Å². The summed E-state index contributed by atoms with van der Waals surface area (Å²) in [5.41, 5.74) is 0. The van der Waals surface area contributed by atoms with Crippen LogP contribution in [0.1, 0.15) is 13.8 Å². The smallest absolute Gasteiger partial charge is 0.748 e. The first kappa shape index (κ1) is 33.8. The number of carbonyl (C=O) groups excluding carboxylic acids is 2. The molecule has 0 radical (unpaired) electrons. The third kappa shape index (κ3) is 44.9. The monoisotopic (exact) mass is 432 g/mol. The molecule has 0 rings (SSSR count). The van der Waals surface area contributed by atoms with E-state index in [1.807, 2.05) is 0 Å². The first-order valence-electron chi connectivity index (χ1n) is 5.19. The first-order chi connectivity index (χ1) is 8.83. The van der Waals surface area contributed by atoms with E-state index in [1.165, 1.54) is 13.8 Å². The Morgan fingerprint density at radius 1 is 0.783 bits per heavy atom. The molecule has 0 fully saturated rings. The number of amides is 2. The van der Waals surface area contributed by atoms with Crippen molar-refractivity contribution in [3.05, 3.63) is 0 Å². The Balaban J connectivity index is -0.0000000831. The van der Waals surface area contributed by atoms with Crippen LogP contribution in [-0.4, -0.2) is 73.3 Å². The normalized spacial score (nSPS) is 9.57. The van der Waals surface area contributed by atoms with Crippen molar-refractivity contribution in [2.75, 3.05) is 24.6 Å². The van der Waals surface area contributed by atoms with Crippen LogP contribution in [0.5, 0.6) is 0 Å². The molecule has 0 saturated heterocycles. The van der Waals surface area contributed by atoms with Crippen molar-refractivity contribution in [1.82, 2.24) is 10.6 Å². The summed E-state index contributed by atoms with van der Waals surface area (Å²) in [7, 11) is -8.37. The third-order valence-corrected chi connectivity index (χ3v) is 2.86. The van der Waals surface area contributed by atoms with Crippen molar-refractivity contribution in [2.24, 2.45) is 0 Å². The number of hydrogen-bond donors (Lipinski definition) is 2. The standard InChI is InChI=1S/2C4H9NO4S.2H2O.Zn/c2*1-4(6)5-2-3-10(7,8)9;;;/h2*2-3H2,1H3,(H,5,6)(H,7,8,9);2*1H2;/q;;;;+2/p-2. The second kappa shape index (κ2) is 16.2. The summed E-state index contributed by atoms with van der Waals surface area (Å²) in [6, 6.07) is 0. The number of carbonyl (C=O) groups is 2. The van der Waals surface area contributed by atoms with Gasteiger partial charge in [0.15, 0.2) is 0 Å². The molecule has 6 N–H and O–H groups in total. The van der Waals surface area contributed by atoms with Crippen LogP contribution in [-0.2, 0) is 49.3 Å². The SMILES string of the molecule is CC(=O)NCCS(=O)(=O)[O-].CC(=O)NCCS(=O)(=O)[O-].O.O.[Zn+2]. The zero-order valence-electron chi connectivity index (χ0n) is 12.6. The van der Waals surface area contributed by atoms with Crippen LogP contribution in [0.4, 0.5) is 0 Å². The van der Waals surface area contributed by atoms with Gasteiger partial charge in [0.25, 0.3) is 0 Å². The van der Waals surface area contributed by atoms with Gasteiger partial charge in [-0.3, -0.25) is 9.59 Å². The molecule has 136 valence electrons. The summed E-state index contributed by atoms with van der Waals surface area (Å²) in [6.45, 7) is 2.27. The van der Waals surface area contributed by atoms with Crippen molar-refractivity contribution in [1.29, 1.82) is 0 Å². The molecular weight excluding hydrogens is 414 g/mol. The van der Waals surface area contributed by atoms with E-state index in [2.05, 4.69) is 10.6 Å². The van der Waals surface area contributed by atoms with E-state index in [9.17, 15) is 35.5 Å². The molecule has 0 aromatic rings. The number of hydrogen-bond acceptors (Lipinski definition) is 8. The molecule has 2 amide bonds. The molecule has 0 saturated carbocycles. The minimum atomic E-state index is -4.18. The average Bonchev–Trinajstić information content (AvgIpc) is 2.12. The number of rotatable bonds is 6. The molecule has 0 bridgehead atoms. The molecule has 0 aliphatic rings. The van der Waals surface area contributed by atoms with Gasteiger partial charge in [0, 0.05) is 26.9 Å². The van der Waals surface area contributed by atoms with Crippen LogP contribution in [0, 0.1) is 0 Å². The summed E-state index contributed by atoms with van der Waals surface area (Å²) in [5, 5.41) is 4.37. The fourth-order valence-corrected chi connectivity index (χ4v) is 1.41. The van der Waals surface area contributed by atoms with Gasteiger partial charge in [-0.1, -0.05) is 0 Å². The van der Waals surface area contributed by atoms with Crippen molar-refractivity contribution in [3.8, 4) is 0 Å². The summed E-state index contributed by atoms with van der Waals surface area (Å²) in [6.07, 6.45) is 0. The molecule has 0 aromatic carbocycles. The molecule has 0 heterocycles. The zero-order valence-corrected chi connectivity index (χ0v) is 17.2. The number of nitrogens with one attached hydrogen (secondary N) is 2. The topological polar surface area (TPSA) is 236 Å². The second-order valence-electron chi connectivity index (χ2n) is 3.49. The summed E-state index contributed by atoms with van der Waals surface area (Å²) in [4.78, 5) is 20.2. The van der Waals surface area contributed by atoms with Crippen molar-refractivity contribution < 1.29 is 66.0 Å². The molecule has 0 unspecified atom stereocenters. The van der Waals surface area contributed by atoms with Gasteiger partial charge in [0.1, 0.15) is 0 Å². The summed E-state index contributed by atoms with van der Waals surface area (Å²) >= 11 is 0. The maximum atomic E-state index is 10.1. The van der Waals surface area contributed by atoms with Crippen molar-refractivity contribution >= 4 is 32.1 Å². The van der Waals surface area contributed by atoms with Crippen LogP contribution >= 0.6 is 0 Å². The van der Waals surface area contributed by atoms with E-state index in [1.54, 1.807) is 0 Å². The molecule has 23 heavy (non-hydrogen) atoms. The molecule has 15 heteroatoms. The van der Waals surface area contributed by atoms with Crippen molar-refractivity contribution in [3.63, 3.8) is 0 Å². The molecule has 12 nitrogen and oxygen atoms in total. The second-order valence-corrected chi connectivity index (χ2v) is 6.54. The predicted molar refractivity (Wildman–Crippen MR) is 73.7 cm³/mol.